The lowest BCUT2D eigenvalue weighted by Gasteiger charge is -2.37. The van der Waals surface area contributed by atoms with Gasteiger partial charge in [0.05, 0.1) is 12.2 Å². The Bertz CT molecular complexity index is 209. The van der Waals surface area contributed by atoms with Gasteiger partial charge in [-0.3, -0.25) is 0 Å². The highest BCUT2D eigenvalue weighted by atomic mass is 16.5. The summed E-state index contributed by atoms with van der Waals surface area (Å²) in [4.78, 5) is 2.68. The van der Waals surface area contributed by atoms with Crippen molar-refractivity contribution in [2.24, 2.45) is 5.92 Å². The van der Waals surface area contributed by atoms with Gasteiger partial charge in [-0.25, -0.2) is 0 Å². The van der Waals surface area contributed by atoms with E-state index in [0.29, 0.717) is 0 Å². The topological polar surface area (TPSA) is 12.5 Å². The zero-order chi connectivity index (χ0) is 10.9. The van der Waals surface area contributed by atoms with E-state index >= 15 is 0 Å². The molecule has 0 radical (unpaired) electrons. The molecule has 2 saturated heterocycles. The Morgan fingerprint density at radius 1 is 1.13 bits per heavy atom. The van der Waals surface area contributed by atoms with Crippen LogP contribution in [0.4, 0.5) is 0 Å². The van der Waals surface area contributed by atoms with Crippen LogP contribution < -0.4 is 0 Å². The summed E-state index contributed by atoms with van der Waals surface area (Å²) >= 11 is 0. The van der Waals surface area contributed by atoms with Crippen LogP contribution in [0.5, 0.6) is 0 Å². The molecule has 0 amide bonds. The van der Waals surface area contributed by atoms with Gasteiger partial charge in [-0.2, -0.15) is 0 Å². The molecule has 0 spiro atoms. The molecule has 2 aliphatic heterocycles. The molecule has 2 heteroatoms. The molecule has 0 aromatic rings. The smallest absolute Gasteiger partial charge is 0.0598 e. The minimum atomic E-state index is 0.0287. The number of rotatable bonds is 2. The van der Waals surface area contributed by atoms with E-state index in [1.165, 1.54) is 38.8 Å². The van der Waals surface area contributed by atoms with Crippen molar-refractivity contribution in [3.63, 3.8) is 0 Å². The zero-order valence-electron chi connectivity index (χ0n) is 10.5. The van der Waals surface area contributed by atoms with E-state index in [9.17, 15) is 0 Å². The minimum absolute atomic E-state index is 0.0287. The van der Waals surface area contributed by atoms with Gasteiger partial charge in [-0.15, -0.1) is 0 Å². The Hall–Kier alpha value is -0.0800. The largest absolute Gasteiger partial charge is 0.376 e. The van der Waals surface area contributed by atoms with E-state index in [1.807, 2.05) is 0 Å². The number of ether oxygens (including phenoxy) is 1. The molecule has 0 N–H and O–H groups in total. The van der Waals surface area contributed by atoms with Gasteiger partial charge in [-0.05, 0) is 65.5 Å². The average Bonchev–Trinajstić information content (AvgIpc) is 2.61. The van der Waals surface area contributed by atoms with Gasteiger partial charge in [0.1, 0.15) is 0 Å². The zero-order valence-corrected chi connectivity index (χ0v) is 10.5. The van der Waals surface area contributed by atoms with Crippen LogP contribution >= 0.6 is 0 Å². The number of hydrogen-bond donors (Lipinski definition) is 0. The van der Waals surface area contributed by atoms with Crippen LogP contribution in [0.15, 0.2) is 0 Å². The SMILES string of the molecule is CC(C)(C)OCC1CCCN2CCCC12. The lowest BCUT2D eigenvalue weighted by atomic mass is 9.90. The van der Waals surface area contributed by atoms with Crippen LogP contribution in [0.2, 0.25) is 0 Å². The number of piperidine rings is 1. The average molecular weight is 211 g/mol. The quantitative estimate of drug-likeness (QED) is 0.696. The second-order valence-electron chi connectivity index (χ2n) is 6.07. The van der Waals surface area contributed by atoms with Crippen LogP contribution in [-0.2, 0) is 4.74 Å². The molecule has 2 nitrogen and oxygen atoms in total. The van der Waals surface area contributed by atoms with Crippen molar-refractivity contribution < 1.29 is 4.74 Å². The van der Waals surface area contributed by atoms with Crippen molar-refractivity contribution in [3.8, 4) is 0 Å². The highest BCUT2D eigenvalue weighted by Crippen LogP contribution is 2.32. The lowest BCUT2D eigenvalue weighted by Crippen LogP contribution is -2.43. The van der Waals surface area contributed by atoms with Crippen molar-refractivity contribution in [1.29, 1.82) is 0 Å². The van der Waals surface area contributed by atoms with E-state index in [4.69, 9.17) is 4.74 Å². The molecule has 0 aromatic carbocycles. The van der Waals surface area contributed by atoms with E-state index < -0.39 is 0 Å². The molecular formula is C13H25NO. The third kappa shape index (κ3) is 2.94. The fraction of sp³-hybridized carbons (Fsp3) is 1.00. The number of hydrogen-bond acceptors (Lipinski definition) is 2. The van der Waals surface area contributed by atoms with E-state index in [-0.39, 0.29) is 5.60 Å². The highest BCUT2D eigenvalue weighted by Gasteiger charge is 2.35. The van der Waals surface area contributed by atoms with Crippen LogP contribution in [0.25, 0.3) is 0 Å². The molecule has 88 valence electrons. The Balaban J connectivity index is 1.85. The standard InChI is InChI=1S/C13H25NO/c1-13(2,3)15-10-11-6-4-8-14-9-5-7-12(11)14/h11-12H,4-10H2,1-3H3. The normalized spacial score (nSPS) is 33.0. The molecule has 2 unspecified atom stereocenters. The molecule has 2 atom stereocenters. The molecule has 2 aliphatic rings. The third-order valence-corrected chi connectivity index (χ3v) is 3.71. The predicted molar refractivity (Wildman–Crippen MR) is 63.0 cm³/mol. The Morgan fingerprint density at radius 2 is 1.80 bits per heavy atom. The Morgan fingerprint density at radius 3 is 2.47 bits per heavy atom. The van der Waals surface area contributed by atoms with Gasteiger partial charge in [0.25, 0.3) is 0 Å². The predicted octanol–water partition coefficient (Wildman–Crippen LogP) is 2.68. The second-order valence-corrected chi connectivity index (χ2v) is 6.07. The molecule has 0 bridgehead atoms. The first kappa shape index (κ1) is 11.4. The van der Waals surface area contributed by atoms with Gasteiger partial charge < -0.3 is 9.64 Å². The molecule has 2 fully saturated rings. The van der Waals surface area contributed by atoms with Crippen molar-refractivity contribution in [2.45, 2.75) is 58.1 Å². The molecular weight excluding hydrogens is 186 g/mol. The molecule has 0 aromatic heterocycles. The van der Waals surface area contributed by atoms with Gasteiger partial charge in [-0.1, -0.05) is 0 Å². The maximum atomic E-state index is 5.95. The fourth-order valence-electron chi connectivity index (χ4n) is 2.96. The van der Waals surface area contributed by atoms with Crippen LogP contribution in [0.3, 0.4) is 0 Å². The van der Waals surface area contributed by atoms with Crippen molar-refractivity contribution in [3.05, 3.63) is 0 Å². The molecule has 2 rings (SSSR count). The summed E-state index contributed by atoms with van der Waals surface area (Å²) in [6, 6.07) is 0.834. The molecule has 15 heavy (non-hydrogen) atoms. The Kier molecular flexibility index (Phi) is 3.36. The monoisotopic (exact) mass is 211 g/mol. The van der Waals surface area contributed by atoms with E-state index in [1.54, 1.807) is 0 Å². The van der Waals surface area contributed by atoms with E-state index in [2.05, 4.69) is 25.7 Å². The van der Waals surface area contributed by atoms with Crippen LogP contribution in [0.1, 0.15) is 46.5 Å². The summed E-state index contributed by atoms with van der Waals surface area (Å²) in [6.07, 6.45) is 5.54. The van der Waals surface area contributed by atoms with Gasteiger partial charge in [0.15, 0.2) is 0 Å². The van der Waals surface area contributed by atoms with Crippen LogP contribution in [-0.4, -0.2) is 36.2 Å². The molecule has 2 heterocycles. The van der Waals surface area contributed by atoms with Gasteiger partial charge in [0.2, 0.25) is 0 Å². The maximum Gasteiger partial charge on any atom is 0.0598 e. The molecule has 0 aliphatic carbocycles. The summed E-state index contributed by atoms with van der Waals surface area (Å²) in [5.41, 5.74) is 0.0287. The summed E-state index contributed by atoms with van der Waals surface area (Å²) < 4.78 is 5.95. The van der Waals surface area contributed by atoms with Crippen molar-refractivity contribution in [1.82, 2.24) is 4.90 Å². The molecule has 0 saturated carbocycles. The maximum absolute atomic E-state index is 5.95. The first-order valence-corrected chi connectivity index (χ1v) is 6.44. The summed E-state index contributed by atoms with van der Waals surface area (Å²) in [6.45, 7) is 10.1. The van der Waals surface area contributed by atoms with E-state index in [0.717, 1.165) is 18.6 Å². The Labute approximate surface area is 94.0 Å². The van der Waals surface area contributed by atoms with Crippen molar-refractivity contribution >= 4 is 0 Å². The van der Waals surface area contributed by atoms with Crippen LogP contribution in [0, 0.1) is 5.92 Å². The first-order chi connectivity index (χ1) is 7.06. The number of fused-ring (bicyclic) bond motifs is 1. The minimum Gasteiger partial charge on any atom is -0.376 e. The summed E-state index contributed by atoms with van der Waals surface area (Å²) in [5, 5.41) is 0. The fourth-order valence-corrected chi connectivity index (χ4v) is 2.96. The first-order valence-electron chi connectivity index (χ1n) is 6.44. The third-order valence-electron chi connectivity index (χ3n) is 3.71. The second kappa shape index (κ2) is 4.42. The summed E-state index contributed by atoms with van der Waals surface area (Å²) in [5.74, 6) is 0.792. The van der Waals surface area contributed by atoms with Gasteiger partial charge >= 0.3 is 0 Å². The number of nitrogens with zero attached hydrogens (tertiary/aromatic N) is 1. The summed E-state index contributed by atoms with van der Waals surface area (Å²) in [7, 11) is 0. The highest BCUT2D eigenvalue weighted by molar-refractivity contribution is 4.88. The van der Waals surface area contributed by atoms with Crippen molar-refractivity contribution in [2.75, 3.05) is 19.7 Å². The van der Waals surface area contributed by atoms with Gasteiger partial charge in [0, 0.05) is 6.04 Å². The lowest BCUT2D eigenvalue weighted by molar-refractivity contribution is -0.0445.